The Morgan fingerprint density at radius 1 is 1.41 bits per heavy atom. The third-order valence-corrected chi connectivity index (χ3v) is 2.36. The molecule has 1 rings (SSSR count). The molecule has 0 aromatic heterocycles. The average Bonchev–Trinajstić information content (AvgIpc) is 2.38. The summed E-state index contributed by atoms with van der Waals surface area (Å²) in [6.07, 6.45) is 4.43. The Labute approximate surface area is 102 Å². The predicted molar refractivity (Wildman–Crippen MR) is 66.2 cm³/mol. The number of aliphatic hydroxyl groups is 1. The van der Waals surface area contributed by atoms with Crippen LogP contribution in [-0.2, 0) is 0 Å². The molecule has 0 saturated carbocycles. The fraction of sp³-hybridized carbons (Fsp3) is 0.385. The maximum atomic E-state index is 10.0. The first-order valence-electron chi connectivity index (χ1n) is 5.27. The molecule has 0 saturated heterocycles. The van der Waals surface area contributed by atoms with Gasteiger partial charge in [0.2, 0.25) is 0 Å². The number of ether oxygens (including phenoxy) is 2. The molecule has 0 spiro atoms. The molecule has 0 bridgehead atoms. The zero-order valence-corrected chi connectivity index (χ0v) is 10.1. The Kier molecular flexibility index (Phi) is 5.34. The SMILES string of the molecule is C#CCNCC(O)c1cc(OC)ccc1OC. The molecule has 0 fully saturated rings. The standard InChI is InChI=1S/C13H17NO3/c1-4-7-14-9-12(15)11-8-10(16-2)5-6-13(11)17-3/h1,5-6,8,12,14-15H,7,9H2,2-3H3. The van der Waals surface area contributed by atoms with Gasteiger partial charge in [0.15, 0.2) is 0 Å². The van der Waals surface area contributed by atoms with Gasteiger partial charge in [-0.1, -0.05) is 5.92 Å². The number of hydrogen-bond acceptors (Lipinski definition) is 4. The Morgan fingerprint density at radius 3 is 2.76 bits per heavy atom. The van der Waals surface area contributed by atoms with E-state index >= 15 is 0 Å². The molecule has 0 amide bonds. The lowest BCUT2D eigenvalue weighted by Crippen LogP contribution is -2.22. The third-order valence-electron chi connectivity index (χ3n) is 2.36. The van der Waals surface area contributed by atoms with Crippen LogP contribution in [0.1, 0.15) is 11.7 Å². The Hall–Kier alpha value is -1.70. The summed E-state index contributed by atoms with van der Waals surface area (Å²) >= 11 is 0. The first-order chi connectivity index (χ1) is 8.22. The molecule has 4 heteroatoms. The van der Waals surface area contributed by atoms with Crippen LogP contribution < -0.4 is 14.8 Å². The summed E-state index contributed by atoms with van der Waals surface area (Å²) in [4.78, 5) is 0. The zero-order valence-electron chi connectivity index (χ0n) is 10.1. The topological polar surface area (TPSA) is 50.7 Å². The average molecular weight is 235 g/mol. The van der Waals surface area contributed by atoms with E-state index in [9.17, 15) is 5.11 Å². The van der Waals surface area contributed by atoms with Crippen molar-refractivity contribution in [3.8, 4) is 23.8 Å². The van der Waals surface area contributed by atoms with E-state index in [2.05, 4.69) is 11.2 Å². The lowest BCUT2D eigenvalue weighted by Gasteiger charge is -2.15. The molecular formula is C13H17NO3. The minimum absolute atomic E-state index is 0.369. The third kappa shape index (κ3) is 3.66. The maximum Gasteiger partial charge on any atom is 0.124 e. The monoisotopic (exact) mass is 235 g/mol. The second-order valence-corrected chi connectivity index (χ2v) is 3.46. The van der Waals surface area contributed by atoms with Crippen LogP contribution >= 0.6 is 0 Å². The first-order valence-corrected chi connectivity index (χ1v) is 5.27. The summed E-state index contributed by atoms with van der Waals surface area (Å²) in [5.74, 6) is 3.75. The van der Waals surface area contributed by atoms with E-state index < -0.39 is 6.10 Å². The molecule has 0 radical (unpaired) electrons. The van der Waals surface area contributed by atoms with Gasteiger partial charge in [0.1, 0.15) is 11.5 Å². The highest BCUT2D eigenvalue weighted by Crippen LogP contribution is 2.28. The highest BCUT2D eigenvalue weighted by atomic mass is 16.5. The summed E-state index contributed by atoms with van der Waals surface area (Å²) in [6.45, 7) is 0.789. The molecule has 1 unspecified atom stereocenters. The summed E-state index contributed by atoms with van der Waals surface area (Å²) in [6, 6.07) is 5.30. The van der Waals surface area contributed by atoms with Gasteiger partial charge < -0.3 is 19.9 Å². The molecule has 0 aliphatic heterocycles. The highest BCUT2D eigenvalue weighted by Gasteiger charge is 2.13. The van der Waals surface area contributed by atoms with E-state index in [1.54, 1.807) is 32.4 Å². The van der Waals surface area contributed by atoms with Gasteiger partial charge >= 0.3 is 0 Å². The molecule has 0 aliphatic rings. The fourth-order valence-electron chi connectivity index (χ4n) is 1.49. The molecule has 1 aromatic rings. The highest BCUT2D eigenvalue weighted by molar-refractivity contribution is 5.41. The number of hydrogen-bond donors (Lipinski definition) is 2. The van der Waals surface area contributed by atoms with Crippen molar-refractivity contribution in [2.24, 2.45) is 0 Å². The van der Waals surface area contributed by atoms with Crippen molar-refractivity contribution < 1.29 is 14.6 Å². The van der Waals surface area contributed by atoms with Crippen molar-refractivity contribution in [3.63, 3.8) is 0 Å². The zero-order chi connectivity index (χ0) is 12.7. The first kappa shape index (κ1) is 13.4. The molecule has 1 atom stereocenters. The summed E-state index contributed by atoms with van der Waals surface area (Å²) in [7, 11) is 3.14. The predicted octanol–water partition coefficient (Wildman–Crippen LogP) is 0.960. The van der Waals surface area contributed by atoms with E-state index in [-0.39, 0.29) is 0 Å². The number of rotatable bonds is 6. The maximum absolute atomic E-state index is 10.0. The van der Waals surface area contributed by atoms with Crippen LogP contribution in [0.3, 0.4) is 0 Å². The van der Waals surface area contributed by atoms with Crippen LogP contribution in [0.2, 0.25) is 0 Å². The van der Waals surface area contributed by atoms with Crippen LogP contribution in [0.5, 0.6) is 11.5 Å². The Morgan fingerprint density at radius 2 is 2.18 bits per heavy atom. The lowest BCUT2D eigenvalue weighted by molar-refractivity contribution is 0.172. The minimum Gasteiger partial charge on any atom is -0.497 e. The van der Waals surface area contributed by atoms with Crippen molar-refractivity contribution in [3.05, 3.63) is 23.8 Å². The Bertz CT molecular complexity index is 398. The smallest absolute Gasteiger partial charge is 0.124 e. The van der Waals surface area contributed by atoms with Crippen LogP contribution in [0.15, 0.2) is 18.2 Å². The van der Waals surface area contributed by atoms with Crippen molar-refractivity contribution in [2.45, 2.75) is 6.10 Å². The lowest BCUT2D eigenvalue weighted by atomic mass is 10.1. The van der Waals surface area contributed by atoms with Crippen molar-refractivity contribution >= 4 is 0 Å². The molecule has 0 heterocycles. The number of terminal acetylenes is 1. The molecule has 2 N–H and O–H groups in total. The van der Waals surface area contributed by atoms with Crippen LogP contribution in [0.4, 0.5) is 0 Å². The molecule has 0 aliphatic carbocycles. The molecule has 92 valence electrons. The number of benzene rings is 1. The molecular weight excluding hydrogens is 218 g/mol. The Balaban J connectivity index is 2.82. The van der Waals surface area contributed by atoms with E-state index in [0.29, 0.717) is 30.2 Å². The summed E-state index contributed by atoms with van der Waals surface area (Å²) < 4.78 is 10.3. The fourth-order valence-corrected chi connectivity index (χ4v) is 1.49. The minimum atomic E-state index is -0.687. The largest absolute Gasteiger partial charge is 0.497 e. The second kappa shape index (κ2) is 6.79. The van der Waals surface area contributed by atoms with Crippen molar-refractivity contribution in [2.75, 3.05) is 27.3 Å². The van der Waals surface area contributed by atoms with E-state index in [1.165, 1.54) is 0 Å². The van der Waals surface area contributed by atoms with Crippen LogP contribution in [-0.4, -0.2) is 32.4 Å². The van der Waals surface area contributed by atoms with Gasteiger partial charge in [-0.2, -0.15) is 0 Å². The summed E-state index contributed by atoms with van der Waals surface area (Å²) in [5, 5.41) is 13.0. The van der Waals surface area contributed by atoms with Gasteiger partial charge in [0, 0.05) is 12.1 Å². The van der Waals surface area contributed by atoms with Crippen LogP contribution in [0, 0.1) is 12.3 Å². The number of aliphatic hydroxyl groups excluding tert-OH is 1. The van der Waals surface area contributed by atoms with Gasteiger partial charge in [-0.3, -0.25) is 0 Å². The van der Waals surface area contributed by atoms with E-state index in [4.69, 9.17) is 15.9 Å². The van der Waals surface area contributed by atoms with Gasteiger partial charge in [-0.15, -0.1) is 6.42 Å². The van der Waals surface area contributed by atoms with Crippen molar-refractivity contribution in [1.82, 2.24) is 5.32 Å². The quantitative estimate of drug-likeness (QED) is 0.569. The van der Waals surface area contributed by atoms with Gasteiger partial charge in [0.25, 0.3) is 0 Å². The summed E-state index contributed by atoms with van der Waals surface area (Å²) in [5.41, 5.74) is 0.677. The molecule has 4 nitrogen and oxygen atoms in total. The van der Waals surface area contributed by atoms with Gasteiger partial charge in [-0.25, -0.2) is 0 Å². The van der Waals surface area contributed by atoms with Crippen molar-refractivity contribution in [1.29, 1.82) is 0 Å². The molecule has 1 aromatic carbocycles. The number of nitrogens with one attached hydrogen (secondary N) is 1. The van der Waals surface area contributed by atoms with E-state index in [1.807, 2.05) is 0 Å². The normalized spacial score (nSPS) is 11.6. The van der Waals surface area contributed by atoms with Gasteiger partial charge in [-0.05, 0) is 18.2 Å². The van der Waals surface area contributed by atoms with E-state index in [0.717, 1.165) is 0 Å². The molecule has 17 heavy (non-hydrogen) atoms. The van der Waals surface area contributed by atoms with Gasteiger partial charge in [0.05, 0.1) is 26.9 Å². The van der Waals surface area contributed by atoms with Crippen LogP contribution in [0.25, 0.3) is 0 Å². The number of methoxy groups -OCH3 is 2. The second-order valence-electron chi connectivity index (χ2n) is 3.46.